The fraction of sp³-hybridized carbons (Fsp3) is 0.978. The highest BCUT2D eigenvalue weighted by Gasteiger charge is 2.24. The minimum Gasteiger partial charge on any atom is -0.343 e. The zero-order valence-corrected chi connectivity index (χ0v) is 39.2. The first-order valence-corrected chi connectivity index (χ1v) is 21.3. The molecule has 51 heavy (non-hydrogen) atoms. The summed E-state index contributed by atoms with van der Waals surface area (Å²) >= 11 is 0. The zero-order chi connectivity index (χ0) is 40.4. The Labute approximate surface area is 327 Å². The molecule has 0 bridgehead atoms. The molecule has 0 saturated carbocycles. The second-order valence-electron chi connectivity index (χ2n) is 18.1. The van der Waals surface area contributed by atoms with E-state index in [1.54, 1.807) is 0 Å². The number of hydrogen-bond acceptors (Lipinski definition) is 4. The summed E-state index contributed by atoms with van der Waals surface area (Å²) in [7, 11) is 6.31. The zero-order valence-electron chi connectivity index (χ0n) is 39.2. The lowest BCUT2D eigenvalue weighted by molar-refractivity contribution is -0.133. The summed E-state index contributed by atoms with van der Waals surface area (Å²) in [6.07, 6.45) is 8.15. The summed E-state index contributed by atoms with van der Waals surface area (Å²) in [6.45, 7) is 50.4. The smallest absolute Gasteiger partial charge is 0.222 e. The van der Waals surface area contributed by atoms with Gasteiger partial charge in [0.1, 0.15) is 0 Å². The van der Waals surface area contributed by atoms with Crippen LogP contribution in [-0.4, -0.2) is 98.5 Å². The van der Waals surface area contributed by atoms with E-state index in [0.717, 1.165) is 61.4 Å². The number of amides is 1. The topological polar surface area (TPSA) is 30.0 Å². The Kier molecular flexibility index (Phi) is 51.5. The number of carbonyl (C=O) groups is 1. The van der Waals surface area contributed by atoms with Crippen LogP contribution in [0.1, 0.15) is 184 Å². The molecule has 316 valence electrons. The Morgan fingerprint density at radius 1 is 0.529 bits per heavy atom. The monoisotopic (exact) mass is 731 g/mol. The van der Waals surface area contributed by atoms with Gasteiger partial charge in [0.25, 0.3) is 0 Å². The Morgan fingerprint density at radius 3 is 1.04 bits per heavy atom. The van der Waals surface area contributed by atoms with Crippen molar-refractivity contribution in [2.24, 2.45) is 41.4 Å². The van der Waals surface area contributed by atoms with Crippen LogP contribution in [0.4, 0.5) is 0 Å². The summed E-state index contributed by atoms with van der Waals surface area (Å²) < 4.78 is 0. The van der Waals surface area contributed by atoms with Gasteiger partial charge < -0.3 is 19.6 Å². The van der Waals surface area contributed by atoms with Crippen LogP contribution in [0.15, 0.2) is 0 Å². The number of nitrogens with zero attached hydrogens (tertiary/aromatic N) is 4. The van der Waals surface area contributed by atoms with E-state index < -0.39 is 0 Å². The van der Waals surface area contributed by atoms with E-state index in [-0.39, 0.29) is 7.43 Å². The molecule has 2 aliphatic rings. The number of hydrogen-bond donors (Lipinski definition) is 0. The average molecular weight is 731 g/mol. The first kappa shape index (κ1) is 62.3. The van der Waals surface area contributed by atoms with Gasteiger partial charge in [-0.05, 0) is 81.5 Å². The Bertz CT molecular complexity index is 609. The molecule has 0 aliphatic carbocycles. The average Bonchev–Trinajstić information content (AvgIpc) is 3.02. The highest BCUT2D eigenvalue weighted by Crippen LogP contribution is 2.16. The molecule has 0 atom stereocenters. The second-order valence-corrected chi connectivity index (χ2v) is 18.1. The van der Waals surface area contributed by atoms with Crippen molar-refractivity contribution in [2.45, 2.75) is 190 Å². The molecule has 2 fully saturated rings. The minimum atomic E-state index is 0. The molecule has 0 radical (unpaired) electrons. The number of carbonyl (C=O) groups excluding carboxylic acids is 1. The SMILES string of the molecule is C.CC(C)C.CC(C)CC(=O)N(C)C1CCN(C)CC1.CC(C)CN1CCN(C)CC1.CCC(C)C.CCC(C)C.CCC(C)C.CCC(C)C. The fourth-order valence-corrected chi connectivity index (χ4v) is 3.63. The number of likely N-dealkylation sites (N-methyl/N-ethyl adjacent to an activating group) is 1. The van der Waals surface area contributed by atoms with Crippen LogP contribution in [0.2, 0.25) is 0 Å². The summed E-state index contributed by atoms with van der Waals surface area (Å²) in [5.74, 6) is 5.96. The highest BCUT2D eigenvalue weighted by atomic mass is 16.2. The lowest BCUT2D eigenvalue weighted by Crippen LogP contribution is -2.45. The van der Waals surface area contributed by atoms with E-state index in [1.165, 1.54) is 58.4 Å². The third-order valence-electron chi connectivity index (χ3n) is 8.70. The largest absolute Gasteiger partial charge is 0.343 e. The van der Waals surface area contributed by atoms with Gasteiger partial charge in [-0.3, -0.25) is 4.79 Å². The summed E-state index contributed by atoms with van der Waals surface area (Å²) in [5.41, 5.74) is 0. The number of piperidine rings is 1. The fourth-order valence-electron chi connectivity index (χ4n) is 3.63. The maximum Gasteiger partial charge on any atom is 0.222 e. The van der Waals surface area contributed by atoms with Gasteiger partial charge in [-0.15, -0.1) is 0 Å². The van der Waals surface area contributed by atoms with Crippen LogP contribution in [0, 0.1) is 41.4 Å². The molecule has 1 amide bonds. The number of likely N-dealkylation sites (tertiary alicyclic amines) is 1. The number of piperazine rings is 1. The molecule has 5 heteroatoms. The van der Waals surface area contributed by atoms with Crippen molar-refractivity contribution < 1.29 is 4.79 Å². The maximum absolute atomic E-state index is 11.8. The van der Waals surface area contributed by atoms with Crippen molar-refractivity contribution in [3.63, 3.8) is 0 Å². The van der Waals surface area contributed by atoms with Crippen LogP contribution in [0.5, 0.6) is 0 Å². The lowest BCUT2D eigenvalue weighted by atomic mass is 10.0. The predicted octanol–water partition coefficient (Wildman–Crippen LogP) is 13.0. The van der Waals surface area contributed by atoms with Crippen LogP contribution in [-0.2, 0) is 4.79 Å². The third kappa shape index (κ3) is 58.9. The first-order valence-electron chi connectivity index (χ1n) is 21.3. The molecule has 0 aromatic rings. The minimum absolute atomic E-state index is 0. The Hall–Kier alpha value is -0.650. The van der Waals surface area contributed by atoms with Gasteiger partial charge in [-0.25, -0.2) is 0 Å². The standard InChI is InChI=1S/C12H24N2O.C9H20N2.4C5H12.C4H10.CH4/c1-10(2)9-12(15)14(4)11-5-7-13(3)8-6-11;1-9(2)8-11-6-4-10(3)5-7-11;4*1-4-5(2)3;1-4(2)3;/h10-11H,5-9H2,1-4H3;9H,4-8H2,1-3H3;4*5H,4H2,1-3H3;4H,1-3H3;1H4. The van der Waals surface area contributed by atoms with Crippen molar-refractivity contribution in [1.82, 2.24) is 19.6 Å². The van der Waals surface area contributed by atoms with Crippen LogP contribution < -0.4 is 0 Å². The van der Waals surface area contributed by atoms with Gasteiger partial charge in [0, 0.05) is 52.2 Å². The summed E-state index contributed by atoms with van der Waals surface area (Å²) in [4.78, 5) is 21.1. The molecule has 0 aromatic heterocycles. The molecule has 0 unspecified atom stereocenters. The van der Waals surface area contributed by atoms with Gasteiger partial charge in [0.15, 0.2) is 0 Å². The molecular formula is C46H106N4O. The molecular weight excluding hydrogens is 625 g/mol. The van der Waals surface area contributed by atoms with Gasteiger partial charge in [0.05, 0.1) is 0 Å². The highest BCUT2D eigenvalue weighted by molar-refractivity contribution is 5.76. The van der Waals surface area contributed by atoms with E-state index in [2.05, 4.69) is 160 Å². The first-order chi connectivity index (χ1) is 23.0. The van der Waals surface area contributed by atoms with Crippen molar-refractivity contribution in [2.75, 3.05) is 67.0 Å². The van der Waals surface area contributed by atoms with Gasteiger partial charge in [-0.1, -0.05) is 165 Å². The Balaban J connectivity index is -0.000000124. The third-order valence-corrected chi connectivity index (χ3v) is 8.70. The van der Waals surface area contributed by atoms with Crippen molar-refractivity contribution in [3.8, 4) is 0 Å². The second kappa shape index (κ2) is 42.1. The molecule has 2 aliphatic heterocycles. The quantitative estimate of drug-likeness (QED) is 0.236. The molecule has 0 aromatic carbocycles. The van der Waals surface area contributed by atoms with E-state index >= 15 is 0 Å². The molecule has 2 saturated heterocycles. The van der Waals surface area contributed by atoms with Crippen LogP contribution >= 0.6 is 0 Å². The maximum atomic E-state index is 11.8. The van der Waals surface area contributed by atoms with Crippen LogP contribution in [0.25, 0.3) is 0 Å². The number of rotatable bonds is 9. The molecule has 2 heterocycles. The normalized spacial score (nSPS) is 15.2. The van der Waals surface area contributed by atoms with E-state index in [0.29, 0.717) is 24.3 Å². The summed E-state index contributed by atoms with van der Waals surface area (Å²) in [6, 6.07) is 0.465. The molecule has 0 spiro atoms. The Morgan fingerprint density at radius 2 is 0.804 bits per heavy atom. The molecule has 0 N–H and O–H groups in total. The van der Waals surface area contributed by atoms with E-state index in [4.69, 9.17) is 0 Å². The van der Waals surface area contributed by atoms with Crippen LogP contribution in [0.3, 0.4) is 0 Å². The molecule has 2 rings (SSSR count). The molecule has 5 nitrogen and oxygen atoms in total. The van der Waals surface area contributed by atoms with Gasteiger partial charge in [0.2, 0.25) is 5.91 Å². The lowest BCUT2D eigenvalue weighted by Gasteiger charge is -2.35. The van der Waals surface area contributed by atoms with Gasteiger partial charge in [-0.2, -0.15) is 0 Å². The van der Waals surface area contributed by atoms with Gasteiger partial charge >= 0.3 is 0 Å². The summed E-state index contributed by atoms with van der Waals surface area (Å²) in [5, 5.41) is 0. The van der Waals surface area contributed by atoms with E-state index in [1.807, 2.05) is 11.9 Å². The van der Waals surface area contributed by atoms with Crippen molar-refractivity contribution in [1.29, 1.82) is 0 Å². The predicted molar refractivity (Wildman–Crippen MR) is 239 cm³/mol. The van der Waals surface area contributed by atoms with E-state index in [9.17, 15) is 4.79 Å². The van der Waals surface area contributed by atoms with Crippen molar-refractivity contribution >= 4 is 5.91 Å². The van der Waals surface area contributed by atoms with Crippen molar-refractivity contribution in [3.05, 3.63) is 0 Å².